The molecule has 102 valence electrons. The summed E-state index contributed by atoms with van der Waals surface area (Å²) in [5.41, 5.74) is 1.57. The lowest BCUT2D eigenvalue weighted by Crippen LogP contribution is -2.18. The molecule has 1 aromatic carbocycles. The average molecular weight is 266 g/mol. The van der Waals surface area contributed by atoms with Crippen molar-refractivity contribution in [2.45, 2.75) is 13.3 Å². The molecule has 0 spiro atoms. The molecule has 0 N–H and O–H groups in total. The largest absolute Gasteiger partial charge is 0.292 e. The van der Waals surface area contributed by atoms with Crippen molar-refractivity contribution >= 4 is 12.0 Å². The van der Waals surface area contributed by atoms with Crippen LogP contribution in [0.2, 0.25) is 0 Å². The van der Waals surface area contributed by atoms with Gasteiger partial charge in [0.2, 0.25) is 0 Å². The molecule has 0 aliphatic heterocycles. The van der Waals surface area contributed by atoms with E-state index in [1.807, 2.05) is 55.6 Å². The van der Waals surface area contributed by atoms with Crippen molar-refractivity contribution in [1.82, 2.24) is 4.98 Å². The number of pyridine rings is 1. The maximum Gasteiger partial charge on any atom is 0.186 e. The normalized spacial score (nSPS) is 12.4. The number of carbonyl (C=O) groups is 1. The van der Waals surface area contributed by atoms with Crippen LogP contribution in [0.25, 0.3) is 0 Å². The Balaban J connectivity index is 1.99. The molecule has 2 aromatic rings. The average Bonchev–Trinajstić information content (AvgIpc) is 2.53. The molecule has 1 atom stereocenters. The van der Waals surface area contributed by atoms with E-state index in [9.17, 15) is 4.79 Å². The second kappa shape index (κ2) is 7.34. The predicted molar refractivity (Wildman–Crippen MR) is 81.3 cm³/mol. The smallest absolute Gasteiger partial charge is 0.186 e. The lowest BCUT2D eigenvalue weighted by Gasteiger charge is -2.10. The van der Waals surface area contributed by atoms with E-state index in [1.54, 1.807) is 12.3 Å². The van der Waals surface area contributed by atoms with Crippen LogP contribution in [0.1, 0.15) is 29.4 Å². The molecule has 20 heavy (non-hydrogen) atoms. The molecule has 0 aliphatic carbocycles. The Labute approximate surface area is 119 Å². The van der Waals surface area contributed by atoms with Gasteiger partial charge in [0, 0.05) is 24.9 Å². The van der Waals surface area contributed by atoms with Gasteiger partial charge >= 0.3 is 0 Å². The third-order valence-corrected chi connectivity index (χ3v) is 3.15. The standard InChI is InChI=1S/C17H18N2O/c1-2-15(17(20)16-10-6-7-11-19-16)13-18-12-14-8-4-3-5-9-14/h3-12,15H,2,13H2,1H3. The molecule has 1 aromatic heterocycles. The van der Waals surface area contributed by atoms with E-state index in [0.717, 1.165) is 12.0 Å². The first-order valence-corrected chi connectivity index (χ1v) is 6.81. The highest BCUT2D eigenvalue weighted by molar-refractivity contribution is 5.96. The molecule has 0 bridgehead atoms. The highest BCUT2D eigenvalue weighted by atomic mass is 16.1. The van der Waals surface area contributed by atoms with Gasteiger partial charge in [-0.25, -0.2) is 0 Å². The van der Waals surface area contributed by atoms with E-state index < -0.39 is 0 Å². The minimum atomic E-state index is -0.107. The molecule has 0 aliphatic rings. The quantitative estimate of drug-likeness (QED) is 0.594. The van der Waals surface area contributed by atoms with Crippen molar-refractivity contribution in [2.24, 2.45) is 10.9 Å². The van der Waals surface area contributed by atoms with Crippen LogP contribution < -0.4 is 0 Å². The van der Waals surface area contributed by atoms with Gasteiger partial charge in [-0.2, -0.15) is 0 Å². The van der Waals surface area contributed by atoms with Gasteiger partial charge in [0.25, 0.3) is 0 Å². The first kappa shape index (κ1) is 14.1. The highest BCUT2D eigenvalue weighted by Gasteiger charge is 2.18. The van der Waals surface area contributed by atoms with Crippen molar-refractivity contribution in [3.63, 3.8) is 0 Å². The van der Waals surface area contributed by atoms with Gasteiger partial charge in [-0.15, -0.1) is 0 Å². The zero-order valence-corrected chi connectivity index (χ0v) is 11.6. The first-order chi connectivity index (χ1) is 9.81. The summed E-state index contributed by atoms with van der Waals surface area (Å²) in [6.45, 7) is 2.50. The Morgan fingerprint density at radius 1 is 1.20 bits per heavy atom. The van der Waals surface area contributed by atoms with Crippen LogP contribution in [-0.4, -0.2) is 23.5 Å². The predicted octanol–water partition coefficient (Wildman–Crippen LogP) is 3.41. The van der Waals surface area contributed by atoms with Gasteiger partial charge < -0.3 is 0 Å². The summed E-state index contributed by atoms with van der Waals surface area (Å²) in [6.07, 6.45) is 4.23. The molecule has 0 saturated carbocycles. The SMILES string of the molecule is CCC(CN=Cc1ccccc1)C(=O)c1ccccn1. The van der Waals surface area contributed by atoms with Crippen molar-refractivity contribution < 1.29 is 4.79 Å². The summed E-state index contributed by atoms with van der Waals surface area (Å²) in [5, 5.41) is 0. The maximum atomic E-state index is 12.3. The summed E-state index contributed by atoms with van der Waals surface area (Å²) in [7, 11) is 0. The van der Waals surface area contributed by atoms with Crippen LogP contribution in [0.3, 0.4) is 0 Å². The number of ketones is 1. The molecule has 0 radical (unpaired) electrons. The van der Waals surface area contributed by atoms with Crippen molar-refractivity contribution in [1.29, 1.82) is 0 Å². The van der Waals surface area contributed by atoms with Gasteiger partial charge in [0.15, 0.2) is 5.78 Å². The second-order valence-electron chi connectivity index (χ2n) is 4.59. The number of rotatable bonds is 6. The fraction of sp³-hybridized carbons (Fsp3) is 0.235. The molecule has 0 fully saturated rings. The summed E-state index contributed by atoms with van der Waals surface area (Å²) >= 11 is 0. The fourth-order valence-corrected chi connectivity index (χ4v) is 1.94. The third-order valence-electron chi connectivity index (χ3n) is 3.15. The summed E-state index contributed by atoms with van der Waals surface area (Å²) in [6, 6.07) is 15.3. The number of aliphatic imine (C=N–C) groups is 1. The second-order valence-corrected chi connectivity index (χ2v) is 4.59. The van der Waals surface area contributed by atoms with Crippen LogP contribution in [0.4, 0.5) is 0 Å². The van der Waals surface area contributed by atoms with E-state index >= 15 is 0 Å². The molecular formula is C17H18N2O. The van der Waals surface area contributed by atoms with Crippen LogP contribution in [0.5, 0.6) is 0 Å². The zero-order chi connectivity index (χ0) is 14.2. The number of Topliss-reactive ketones (excluding diaryl/α,β-unsaturated/α-hetero) is 1. The minimum absolute atomic E-state index is 0.0679. The maximum absolute atomic E-state index is 12.3. The fourth-order valence-electron chi connectivity index (χ4n) is 1.94. The van der Waals surface area contributed by atoms with E-state index in [-0.39, 0.29) is 11.7 Å². The Morgan fingerprint density at radius 2 is 1.95 bits per heavy atom. The van der Waals surface area contributed by atoms with Gasteiger partial charge in [-0.05, 0) is 24.1 Å². The van der Waals surface area contributed by atoms with Gasteiger partial charge in [-0.3, -0.25) is 14.8 Å². The topological polar surface area (TPSA) is 42.3 Å². The Hall–Kier alpha value is -2.29. The monoisotopic (exact) mass is 266 g/mol. The molecule has 2 rings (SSSR count). The van der Waals surface area contributed by atoms with Crippen LogP contribution >= 0.6 is 0 Å². The molecule has 3 heteroatoms. The Bertz CT molecular complexity index is 564. The van der Waals surface area contributed by atoms with Gasteiger partial charge in [0.05, 0.1) is 0 Å². The van der Waals surface area contributed by atoms with E-state index in [1.165, 1.54) is 0 Å². The molecule has 0 saturated heterocycles. The van der Waals surface area contributed by atoms with Crippen LogP contribution in [0, 0.1) is 5.92 Å². The van der Waals surface area contributed by atoms with E-state index in [0.29, 0.717) is 12.2 Å². The van der Waals surface area contributed by atoms with E-state index in [4.69, 9.17) is 0 Å². The highest BCUT2D eigenvalue weighted by Crippen LogP contribution is 2.11. The molecular weight excluding hydrogens is 248 g/mol. The molecule has 0 amide bonds. The number of hydrogen-bond acceptors (Lipinski definition) is 3. The number of nitrogens with zero attached hydrogens (tertiary/aromatic N) is 2. The van der Waals surface area contributed by atoms with Crippen LogP contribution in [0.15, 0.2) is 59.7 Å². The summed E-state index contributed by atoms with van der Waals surface area (Å²) in [5.74, 6) is -0.0387. The molecule has 3 nitrogen and oxygen atoms in total. The number of hydrogen-bond donors (Lipinski definition) is 0. The third kappa shape index (κ3) is 3.85. The van der Waals surface area contributed by atoms with Crippen molar-refractivity contribution in [3.8, 4) is 0 Å². The lowest BCUT2D eigenvalue weighted by atomic mass is 9.98. The Kier molecular flexibility index (Phi) is 5.18. The summed E-state index contributed by atoms with van der Waals surface area (Å²) in [4.78, 5) is 20.8. The van der Waals surface area contributed by atoms with Crippen molar-refractivity contribution in [2.75, 3.05) is 6.54 Å². The van der Waals surface area contributed by atoms with Crippen molar-refractivity contribution in [3.05, 3.63) is 66.0 Å². The van der Waals surface area contributed by atoms with Crippen LogP contribution in [-0.2, 0) is 0 Å². The Morgan fingerprint density at radius 3 is 2.60 bits per heavy atom. The number of aromatic nitrogens is 1. The number of carbonyl (C=O) groups excluding carboxylic acids is 1. The summed E-state index contributed by atoms with van der Waals surface area (Å²) < 4.78 is 0. The van der Waals surface area contributed by atoms with Gasteiger partial charge in [-0.1, -0.05) is 43.3 Å². The minimum Gasteiger partial charge on any atom is -0.292 e. The van der Waals surface area contributed by atoms with E-state index in [2.05, 4.69) is 9.98 Å². The molecule has 1 heterocycles. The number of benzene rings is 1. The molecule has 1 unspecified atom stereocenters. The first-order valence-electron chi connectivity index (χ1n) is 6.81. The van der Waals surface area contributed by atoms with Gasteiger partial charge in [0.1, 0.15) is 5.69 Å². The zero-order valence-electron chi connectivity index (χ0n) is 11.6. The lowest BCUT2D eigenvalue weighted by molar-refractivity contribution is 0.0916.